The smallest absolute Gasteiger partial charge is 0.225 e. The molecule has 2 aromatic carbocycles. The number of benzene rings is 2. The number of H-pyrrole nitrogens is 1. The lowest BCUT2D eigenvalue weighted by molar-refractivity contribution is 0.630. The fourth-order valence-electron chi connectivity index (χ4n) is 2.70. The van der Waals surface area contributed by atoms with Gasteiger partial charge in [-0.05, 0) is 31.2 Å². The van der Waals surface area contributed by atoms with Crippen LogP contribution in [0.1, 0.15) is 19.4 Å². The molecule has 0 spiro atoms. The number of aromatic nitrogens is 1. The minimum absolute atomic E-state index is 0.263. The third-order valence-corrected chi connectivity index (χ3v) is 3.77. The van der Waals surface area contributed by atoms with Crippen molar-refractivity contribution in [1.29, 1.82) is 0 Å². The highest BCUT2D eigenvalue weighted by Gasteiger charge is 2.14. The number of halogens is 1. The molecule has 0 bridgehead atoms. The molecule has 0 aliphatic heterocycles. The van der Waals surface area contributed by atoms with Crippen LogP contribution in [0.4, 0.5) is 4.39 Å². The molecule has 2 aromatic heterocycles. The number of pyridine rings is 1. The van der Waals surface area contributed by atoms with E-state index in [9.17, 15) is 9.18 Å². The molecule has 1 N–H and O–H groups in total. The van der Waals surface area contributed by atoms with Crippen LogP contribution in [0.15, 0.2) is 57.7 Å². The van der Waals surface area contributed by atoms with Gasteiger partial charge in [-0.25, -0.2) is 4.39 Å². The van der Waals surface area contributed by atoms with E-state index in [1.807, 2.05) is 39.0 Å². The molecule has 0 fully saturated rings. The summed E-state index contributed by atoms with van der Waals surface area (Å²) >= 11 is 0. The Kier molecular flexibility index (Phi) is 4.21. The van der Waals surface area contributed by atoms with Gasteiger partial charge in [0.05, 0.1) is 11.2 Å². The maximum absolute atomic E-state index is 14.0. The average Bonchev–Trinajstić information content (AvgIpc) is 2.96. The first-order chi connectivity index (χ1) is 11.6. The topological polar surface area (TPSA) is 46.0 Å². The maximum Gasteiger partial charge on any atom is 0.225 e. The Hall–Kier alpha value is -2.88. The minimum Gasteiger partial charge on any atom is -0.450 e. The Labute approximate surface area is 138 Å². The van der Waals surface area contributed by atoms with Crippen LogP contribution >= 0.6 is 0 Å². The second-order valence-electron chi connectivity index (χ2n) is 5.33. The maximum atomic E-state index is 14.0. The first-order valence-electron chi connectivity index (χ1n) is 7.94. The standard InChI is InChI=1S/C18H12FNO2.C2H6/c1-10-6-7-16-12(8-10)17-18(22-16)15(21)9-14(20-17)11-4-2-3-5-13(11)19;1-2/h2-9H,1H3,(H,20,21);1-2H3. The third kappa shape index (κ3) is 2.60. The molecule has 0 unspecified atom stereocenters. The van der Waals surface area contributed by atoms with E-state index in [2.05, 4.69) is 4.98 Å². The summed E-state index contributed by atoms with van der Waals surface area (Å²) in [5.41, 5.74) is 3.11. The zero-order chi connectivity index (χ0) is 17.3. The molecule has 122 valence electrons. The number of furan rings is 1. The van der Waals surface area contributed by atoms with Gasteiger partial charge in [0.1, 0.15) is 11.4 Å². The minimum atomic E-state index is -0.374. The van der Waals surface area contributed by atoms with Crippen LogP contribution in [0.2, 0.25) is 0 Å². The monoisotopic (exact) mass is 323 g/mol. The first kappa shape index (κ1) is 16.0. The number of aryl methyl sites for hydroxylation is 1. The molecule has 0 aliphatic rings. The number of rotatable bonds is 1. The van der Waals surface area contributed by atoms with Crippen LogP contribution in [-0.4, -0.2) is 4.98 Å². The lowest BCUT2D eigenvalue weighted by atomic mass is 10.1. The summed E-state index contributed by atoms with van der Waals surface area (Å²) in [4.78, 5) is 15.4. The normalized spacial score (nSPS) is 10.7. The van der Waals surface area contributed by atoms with E-state index in [-0.39, 0.29) is 16.8 Å². The zero-order valence-corrected chi connectivity index (χ0v) is 13.8. The van der Waals surface area contributed by atoms with E-state index in [1.165, 1.54) is 12.1 Å². The van der Waals surface area contributed by atoms with Crippen LogP contribution in [0.3, 0.4) is 0 Å². The largest absolute Gasteiger partial charge is 0.450 e. The van der Waals surface area contributed by atoms with Crippen LogP contribution < -0.4 is 5.43 Å². The molecule has 0 amide bonds. The molecule has 0 atom stereocenters. The lowest BCUT2D eigenvalue weighted by Crippen LogP contribution is -2.01. The predicted molar refractivity (Wildman–Crippen MR) is 95.8 cm³/mol. The fraction of sp³-hybridized carbons (Fsp3) is 0.150. The zero-order valence-electron chi connectivity index (χ0n) is 13.8. The van der Waals surface area contributed by atoms with Crippen molar-refractivity contribution in [3.63, 3.8) is 0 Å². The van der Waals surface area contributed by atoms with Gasteiger partial charge in [0, 0.05) is 17.0 Å². The van der Waals surface area contributed by atoms with Gasteiger partial charge in [-0.3, -0.25) is 4.79 Å². The second kappa shape index (κ2) is 6.32. The van der Waals surface area contributed by atoms with Gasteiger partial charge in [-0.2, -0.15) is 0 Å². The Balaban J connectivity index is 0.000000815. The van der Waals surface area contributed by atoms with Gasteiger partial charge >= 0.3 is 0 Å². The van der Waals surface area contributed by atoms with Crippen molar-refractivity contribution in [2.75, 3.05) is 0 Å². The molecular formula is C20H18FNO2. The first-order valence-corrected chi connectivity index (χ1v) is 7.94. The van der Waals surface area contributed by atoms with Gasteiger partial charge in [-0.15, -0.1) is 0 Å². The predicted octanol–water partition coefficient (Wildman–Crippen LogP) is 5.42. The quantitative estimate of drug-likeness (QED) is 0.509. The Morgan fingerprint density at radius 1 is 1.04 bits per heavy atom. The van der Waals surface area contributed by atoms with Crippen molar-refractivity contribution in [3.8, 4) is 11.3 Å². The van der Waals surface area contributed by atoms with E-state index in [1.54, 1.807) is 18.2 Å². The van der Waals surface area contributed by atoms with Crippen molar-refractivity contribution < 1.29 is 8.81 Å². The summed E-state index contributed by atoms with van der Waals surface area (Å²) in [5.74, 6) is -0.374. The van der Waals surface area contributed by atoms with Crippen molar-refractivity contribution in [2.45, 2.75) is 20.8 Å². The summed E-state index contributed by atoms with van der Waals surface area (Å²) in [7, 11) is 0. The Morgan fingerprint density at radius 3 is 2.54 bits per heavy atom. The van der Waals surface area contributed by atoms with E-state index >= 15 is 0 Å². The van der Waals surface area contributed by atoms with Gasteiger partial charge in [0.25, 0.3) is 0 Å². The molecule has 0 aliphatic carbocycles. The highest BCUT2D eigenvalue weighted by Crippen LogP contribution is 2.28. The van der Waals surface area contributed by atoms with Crippen molar-refractivity contribution in [1.82, 2.24) is 4.98 Å². The summed E-state index contributed by atoms with van der Waals surface area (Å²) in [6.45, 7) is 5.97. The summed E-state index contributed by atoms with van der Waals surface area (Å²) in [5, 5.41) is 0.824. The van der Waals surface area contributed by atoms with Crippen LogP contribution in [0.5, 0.6) is 0 Å². The van der Waals surface area contributed by atoms with Gasteiger partial charge in [0.15, 0.2) is 5.58 Å². The number of hydrogen-bond acceptors (Lipinski definition) is 2. The van der Waals surface area contributed by atoms with Crippen LogP contribution in [0, 0.1) is 12.7 Å². The molecule has 0 radical (unpaired) electrons. The highest BCUT2D eigenvalue weighted by atomic mass is 19.1. The van der Waals surface area contributed by atoms with Crippen molar-refractivity contribution in [3.05, 3.63) is 70.1 Å². The van der Waals surface area contributed by atoms with Gasteiger partial charge in [-0.1, -0.05) is 37.6 Å². The average molecular weight is 323 g/mol. The highest BCUT2D eigenvalue weighted by molar-refractivity contribution is 6.03. The number of hydrogen-bond donors (Lipinski definition) is 1. The summed E-state index contributed by atoms with van der Waals surface area (Å²) < 4.78 is 19.6. The Bertz CT molecular complexity index is 1080. The van der Waals surface area contributed by atoms with Crippen molar-refractivity contribution >= 4 is 22.1 Å². The van der Waals surface area contributed by atoms with Crippen LogP contribution in [-0.2, 0) is 0 Å². The van der Waals surface area contributed by atoms with E-state index in [0.717, 1.165) is 10.9 Å². The SMILES string of the molecule is CC.Cc1ccc2oc3c(=O)cc(-c4ccccc4F)[nH]c3c2c1. The van der Waals surface area contributed by atoms with Crippen molar-refractivity contribution in [2.24, 2.45) is 0 Å². The second-order valence-corrected chi connectivity index (χ2v) is 5.33. The van der Waals surface area contributed by atoms with Gasteiger partial charge < -0.3 is 9.40 Å². The molecule has 4 aromatic rings. The third-order valence-electron chi connectivity index (χ3n) is 3.77. The summed E-state index contributed by atoms with van der Waals surface area (Å²) in [6.07, 6.45) is 0. The van der Waals surface area contributed by atoms with Crippen LogP contribution in [0.25, 0.3) is 33.3 Å². The number of fused-ring (bicyclic) bond motifs is 3. The molecule has 4 rings (SSSR count). The fourth-order valence-corrected chi connectivity index (χ4v) is 2.70. The molecular weight excluding hydrogens is 305 g/mol. The molecule has 2 heterocycles. The van der Waals surface area contributed by atoms with E-state index in [4.69, 9.17) is 4.42 Å². The lowest BCUT2D eigenvalue weighted by Gasteiger charge is -2.03. The molecule has 3 nitrogen and oxygen atoms in total. The van der Waals surface area contributed by atoms with E-state index in [0.29, 0.717) is 22.4 Å². The van der Waals surface area contributed by atoms with E-state index < -0.39 is 0 Å². The molecule has 0 saturated carbocycles. The number of nitrogens with one attached hydrogen (secondary N) is 1. The molecule has 24 heavy (non-hydrogen) atoms. The summed E-state index contributed by atoms with van der Waals surface area (Å²) in [6, 6.07) is 13.4. The number of aromatic amines is 1. The van der Waals surface area contributed by atoms with Gasteiger partial charge in [0.2, 0.25) is 5.43 Å². The Morgan fingerprint density at radius 2 is 1.79 bits per heavy atom. The molecule has 0 saturated heterocycles. The molecule has 4 heteroatoms.